The maximum atomic E-state index is 11.3. The molecule has 1 fully saturated rings. The Balaban J connectivity index is 1.63. The summed E-state index contributed by atoms with van der Waals surface area (Å²) in [4.78, 5) is 19.5. The van der Waals surface area contributed by atoms with Gasteiger partial charge >= 0.3 is 6.09 Å². The van der Waals surface area contributed by atoms with Gasteiger partial charge in [0.2, 0.25) is 0 Å². The quantitative estimate of drug-likeness (QED) is 0.790. The molecule has 18 heavy (non-hydrogen) atoms. The Hall–Kier alpha value is -1.56. The van der Waals surface area contributed by atoms with Crippen LogP contribution in [0.15, 0.2) is 18.7 Å². The molecule has 1 aliphatic rings. The number of hydrogen-bond acceptors (Lipinski definition) is 4. The topological polar surface area (TPSA) is 50.6 Å². The summed E-state index contributed by atoms with van der Waals surface area (Å²) in [6.07, 6.45) is 6.52. The van der Waals surface area contributed by atoms with E-state index in [0.29, 0.717) is 0 Å². The molecule has 0 unspecified atom stereocenters. The van der Waals surface area contributed by atoms with E-state index in [0.717, 1.165) is 45.7 Å². The number of methoxy groups -OCH3 is 1. The van der Waals surface area contributed by atoms with Crippen LogP contribution < -0.4 is 0 Å². The lowest BCUT2D eigenvalue weighted by molar-refractivity contribution is 0.0903. The fourth-order valence-electron chi connectivity index (χ4n) is 2.18. The number of aryl methyl sites for hydroxylation is 1. The van der Waals surface area contributed by atoms with Crippen LogP contribution in [0.3, 0.4) is 0 Å². The summed E-state index contributed by atoms with van der Waals surface area (Å²) < 4.78 is 6.80. The number of rotatable bonds is 4. The van der Waals surface area contributed by atoms with Crippen molar-refractivity contribution in [2.75, 3.05) is 39.8 Å². The highest BCUT2D eigenvalue weighted by Crippen LogP contribution is 2.04. The van der Waals surface area contributed by atoms with E-state index >= 15 is 0 Å². The molecule has 0 aliphatic carbocycles. The van der Waals surface area contributed by atoms with Crippen molar-refractivity contribution in [3.8, 4) is 0 Å². The molecule has 0 spiro atoms. The summed E-state index contributed by atoms with van der Waals surface area (Å²) in [6.45, 7) is 5.44. The second-order valence-corrected chi connectivity index (χ2v) is 4.45. The maximum Gasteiger partial charge on any atom is 0.409 e. The first kappa shape index (κ1) is 12.9. The van der Waals surface area contributed by atoms with Crippen LogP contribution in [-0.4, -0.2) is 65.3 Å². The minimum Gasteiger partial charge on any atom is -0.453 e. The lowest BCUT2D eigenvalue weighted by atomic mass is 10.3. The van der Waals surface area contributed by atoms with Crippen molar-refractivity contribution in [3.05, 3.63) is 18.7 Å². The van der Waals surface area contributed by atoms with Gasteiger partial charge in [0.05, 0.1) is 13.4 Å². The van der Waals surface area contributed by atoms with E-state index in [2.05, 4.69) is 14.5 Å². The van der Waals surface area contributed by atoms with Gasteiger partial charge in [-0.3, -0.25) is 4.90 Å². The van der Waals surface area contributed by atoms with Crippen molar-refractivity contribution in [1.82, 2.24) is 19.4 Å². The van der Waals surface area contributed by atoms with Gasteiger partial charge in [0.25, 0.3) is 0 Å². The summed E-state index contributed by atoms with van der Waals surface area (Å²) in [5.41, 5.74) is 0. The molecule has 0 radical (unpaired) electrons. The fourth-order valence-corrected chi connectivity index (χ4v) is 2.18. The second kappa shape index (κ2) is 6.39. The SMILES string of the molecule is COC(=O)N1CCN(CCCn2ccnc2)CC1. The third kappa shape index (κ3) is 3.46. The Bertz CT molecular complexity index is 358. The molecule has 2 heterocycles. The third-order valence-electron chi connectivity index (χ3n) is 3.25. The smallest absolute Gasteiger partial charge is 0.409 e. The first-order valence-electron chi connectivity index (χ1n) is 6.30. The van der Waals surface area contributed by atoms with Crippen molar-refractivity contribution in [2.24, 2.45) is 0 Å². The van der Waals surface area contributed by atoms with Gasteiger partial charge in [-0.25, -0.2) is 9.78 Å². The van der Waals surface area contributed by atoms with Crippen LogP contribution in [-0.2, 0) is 11.3 Å². The number of hydrogen-bond donors (Lipinski definition) is 0. The predicted octanol–water partition coefficient (Wildman–Crippen LogP) is 0.657. The van der Waals surface area contributed by atoms with Gasteiger partial charge in [-0.15, -0.1) is 0 Å². The molecule has 100 valence electrons. The standard InChI is InChI=1S/C12H20N4O2/c1-18-12(17)16-9-7-14(8-10-16)4-2-5-15-6-3-13-11-15/h3,6,11H,2,4-5,7-10H2,1H3. The van der Waals surface area contributed by atoms with Crippen LogP contribution in [0.4, 0.5) is 4.79 Å². The molecule has 1 aliphatic heterocycles. The number of piperazine rings is 1. The molecule has 2 rings (SSSR count). The van der Waals surface area contributed by atoms with E-state index < -0.39 is 0 Å². The molecule has 1 aromatic rings. The average Bonchev–Trinajstić information content (AvgIpc) is 2.92. The second-order valence-electron chi connectivity index (χ2n) is 4.45. The first-order valence-corrected chi connectivity index (χ1v) is 6.30. The van der Waals surface area contributed by atoms with E-state index in [4.69, 9.17) is 4.74 Å². The van der Waals surface area contributed by atoms with E-state index in [9.17, 15) is 4.79 Å². The number of carbonyl (C=O) groups is 1. The molecule has 0 aromatic carbocycles. The molecule has 1 saturated heterocycles. The molecular formula is C12H20N4O2. The monoisotopic (exact) mass is 252 g/mol. The molecule has 0 N–H and O–H groups in total. The first-order chi connectivity index (χ1) is 8.79. The highest BCUT2D eigenvalue weighted by Gasteiger charge is 2.20. The fraction of sp³-hybridized carbons (Fsp3) is 0.667. The Morgan fingerprint density at radius 2 is 2.06 bits per heavy atom. The van der Waals surface area contributed by atoms with Gasteiger partial charge in [0, 0.05) is 45.1 Å². The van der Waals surface area contributed by atoms with Crippen molar-refractivity contribution >= 4 is 6.09 Å². The normalized spacial score (nSPS) is 16.8. The van der Waals surface area contributed by atoms with Gasteiger partial charge in [0.1, 0.15) is 0 Å². The van der Waals surface area contributed by atoms with E-state index in [1.54, 1.807) is 11.1 Å². The van der Waals surface area contributed by atoms with Gasteiger partial charge in [-0.1, -0.05) is 0 Å². The minimum atomic E-state index is -0.215. The predicted molar refractivity (Wildman–Crippen MR) is 67.3 cm³/mol. The molecule has 6 nitrogen and oxygen atoms in total. The van der Waals surface area contributed by atoms with Gasteiger partial charge in [0.15, 0.2) is 0 Å². The lowest BCUT2D eigenvalue weighted by Gasteiger charge is -2.33. The van der Waals surface area contributed by atoms with Crippen molar-refractivity contribution < 1.29 is 9.53 Å². The van der Waals surface area contributed by atoms with Crippen LogP contribution in [0.2, 0.25) is 0 Å². The van der Waals surface area contributed by atoms with Gasteiger partial charge in [-0.05, 0) is 13.0 Å². The minimum absolute atomic E-state index is 0.215. The van der Waals surface area contributed by atoms with E-state index in [1.165, 1.54) is 7.11 Å². The molecular weight excluding hydrogens is 232 g/mol. The Morgan fingerprint density at radius 3 is 2.67 bits per heavy atom. The zero-order valence-corrected chi connectivity index (χ0v) is 10.8. The van der Waals surface area contributed by atoms with E-state index in [-0.39, 0.29) is 6.09 Å². The van der Waals surface area contributed by atoms with Gasteiger partial charge in [-0.2, -0.15) is 0 Å². The third-order valence-corrected chi connectivity index (χ3v) is 3.25. The zero-order valence-electron chi connectivity index (χ0n) is 10.8. The Morgan fingerprint density at radius 1 is 1.28 bits per heavy atom. The van der Waals surface area contributed by atoms with Crippen LogP contribution in [0.5, 0.6) is 0 Å². The maximum absolute atomic E-state index is 11.3. The number of carbonyl (C=O) groups excluding carboxylic acids is 1. The number of amides is 1. The molecule has 1 aromatic heterocycles. The van der Waals surface area contributed by atoms with Crippen molar-refractivity contribution in [3.63, 3.8) is 0 Å². The van der Waals surface area contributed by atoms with Crippen LogP contribution in [0.25, 0.3) is 0 Å². The Kier molecular flexibility index (Phi) is 4.58. The molecule has 0 atom stereocenters. The van der Waals surface area contributed by atoms with Crippen LogP contribution >= 0.6 is 0 Å². The lowest BCUT2D eigenvalue weighted by Crippen LogP contribution is -2.48. The van der Waals surface area contributed by atoms with E-state index in [1.807, 2.05) is 12.5 Å². The van der Waals surface area contributed by atoms with Crippen LogP contribution in [0.1, 0.15) is 6.42 Å². The highest BCUT2D eigenvalue weighted by atomic mass is 16.5. The van der Waals surface area contributed by atoms with Crippen molar-refractivity contribution in [2.45, 2.75) is 13.0 Å². The molecule has 0 saturated carbocycles. The summed E-state index contributed by atoms with van der Waals surface area (Å²) in [5.74, 6) is 0. The number of nitrogens with zero attached hydrogens (tertiary/aromatic N) is 4. The average molecular weight is 252 g/mol. The largest absolute Gasteiger partial charge is 0.453 e. The molecule has 0 bridgehead atoms. The molecule has 1 amide bonds. The highest BCUT2D eigenvalue weighted by molar-refractivity contribution is 5.67. The summed E-state index contributed by atoms with van der Waals surface area (Å²) >= 11 is 0. The summed E-state index contributed by atoms with van der Waals surface area (Å²) in [7, 11) is 1.43. The summed E-state index contributed by atoms with van der Waals surface area (Å²) in [5, 5.41) is 0. The molecule has 6 heteroatoms. The van der Waals surface area contributed by atoms with Gasteiger partial charge < -0.3 is 14.2 Å². The van der Waals surface area contributed by atoms with Crippen LogP contribution in [0, 0.1) is 0 Å². The number of imidazole rings is 1. The Labute approximate surface area is 107 Å². The number of ether oxygens (including phenoxy) is 1. The van der Waals surface area contributed by atoms with Crippen molar-refractivity contribution in [1.29, 1.82) is 0 Å². The zero-order chi connectivity index (χ0) is 12.8. The number of aromatic nitrogens is 2. The summed E-state index contributed by atoms with van der Waals surface area (Å²) in [6, 6.07) is 0.